The van der Waals surface area contributed by atoms with Gasteiger partial charge in [-0.3, -0.25) is 0 Å². The van der Waals surface area contributed by atoms with Gasteiger partial charge in [0.1, 0.15) is 5.60 Å². The fourth-order valence-electron chi connectivity index (χ4n) is 7.12. The fourth-order valence-corrected chi connectivity index (χ4v) is 7.12. The quantitative estimate of drug-likeness (QED) is 0.602. The normalized spacial score (nSPS) is 47.0. The molecule has 6 saturated carbocycles. The monoisotopic (exact) mass is 330 g/mol. The molecular formula is C22H34O2. The Morgan fingerprint density at radius 2 is 1.46 bits per heavy atom. The number of rotatable bonds is 5. The predicted molar refractivity (Wildman–Crippen MR) is 97.3 cm³/mol. The Kier molecular flexibility index (Phi) is 4.66. The molecule has 0 aromatic heterocycles. The summed E-state index contributed by atoms with van der Waals surface area (Å²) in [4.78, 5) is 0. The minimum absolute atomic E-state index is 0.233. The maximum absolute atomic E-state index is 5.81. The molecule has 134 valence electrons. The Morgan fingerprint density at radius 1 is 0.792 bits per heavy atom. The molecule has 6 rings (SSSR count). The maximum Gasteiger partial charge on any atom is 0.109 e. The zero-order valence-electron chi connectivity index (χ0n) is 15.1. The van der Waals surface area contributed by atoms with Crippen LogP contribution < -0.4 is 0 Å². The highest BCUT2D eigenvalue weighted by Gasteiger charge is 2.52. The molecule has 0 radical (unpaired) electrons. The van der Waals surface area contributed by atoms with Gasteiger partial charge in [0.15, 0.2) is 0 Å². The first-order chi connectivity index (χ1) is 11.7. The molecule has 0 amide bonds. The van der Waals surface area contributed by atoms with Gasteiger partial charge in [-0.25, -0.2) is 0 Å². The van der Waals surface area contributed by atoms with Crippen LogP contribution in [0.3, 0.4) is 0 Å². The molecular weight excluding hydrogens is 296 g/mol. The summed E-state index contributed by atoms with van der Waals surface area (Å²) in [6.07, 6.45) is 17.5. The van der Waals surface area contributed by atoms with Crippen LogP contribution >= 0.6 is 0 Å². The molecule has 6 bridgehead atoms. The van der Waals surface area contributed by atoms with E-state index in [0.29, 0.717) is 0 Å². The second kappa shape index (κ2) is 6.77. The van der Waals surface area contributed by atoms with Crippen LogP contribution in [-0.2, 0) is 9.47 Å². The molecule has 3 unspecified atom stereocenters. The Balaban J connectivity index is 0.000000123. The van der Waals surface area contributed by atoms with E-state index in [1.807, 2.05) is 0 Å². The topological polar surface area (TPSA) is 18.5 Å². The molecule has 0 aliphatic heterocycles. The zero-order valence-corrected chi connectivity index (χ0v) is 15.1. The third-order valence-corrected chi connectivity index (χ3v) is 7.63. The molecule has 0 heterocycles. The highest BCUT2D eigenvalue weighted by Crippen LogP contribution is 2.57. The largest absolute Gasteiger partial charge is 0.502 e. The minimum Gasteiger partial charge on any atom is -0.502 e. The summed E-state index contributed by atoms with van der Waals surface area (Å²) in [6, 6.07) is 0. The van der Waals surface area contributed by atoms with Gasteiger partial charge in [0.05, 0.1) is 19.1 Å². The molecule has 6 fully saturated rings. The van der Waals surface area contributed by atoms with Crippen LogP contribution in [0, 0.1) is 35.5 Å². The number of hydrogen-bond donors (Lipinski definition) is 0. The van der Waals surface area contributed by atoms with E-state index in [2.05, 4.69) is 13.2 Å². The first kappa shape index (κ1) is 16.5. The van der Waals surface area contributed by atoms with Crippen LogP contribution in [0.2, 0.25) is 0 Å². The summed E-state index contributed by atoms with van der Waals surface area (Å²) in [7, 11) is 0. The lowest BCUT2D eigenvalue weighted by atomic mass is 9.54. The van der Waals surface area contributed by atoms with Gasteiger partial charge < -0.3 is 9.47 Å². The number of ether oxygens (including phenoxy) is 2. The molecule has 2 heteroatoms. The summed E-state index contributed by atoms with van der Waals surface area (Å²) in [5.74, 6) is 5.81. The fraction of sp³-hybridized carbons (Fsp3) is 0.818. The lowest BCUT2D eigenvalue weighted by Gasteiger charge is -2.55. The summed E-state index contributed by atoms with van der Waals surface area (Å²) in [5.41, 5.74) is 0.233. The van der Waals surface area contributed by atoms with Crippen LogP contribution in [0.5, 0.6) is 0 Å². The van der Waals surface area contributed by atoms with E-state index in [-0.39, 0.29) is 5.60 Å². The average molecular weight is 331 g/mol. The Bertz CT molecular complexity index is 433. The Morgan fingerprint density at radius 3 is 1.92 bits per heavy atom. The first-order valence-corrected chi connectivity index (χ1v) is 10.2. The van der Waals surface area contributed by atoms with Crippen LogP contribution in [0.1, 0.15) is 64.2 Å². The van der Waals surface area contributed by atoms with Crippen molar-refractivity contribution in [2.45, 2.75) is 69.8 Å². The van der Waals surface area contributed by atoms with Gasteiger partial charge in [-0.15, -0.1) is 0 Å². The van der Waals surface area contributed by atoms with E-state index in [0.717, 1.165) is 42.1 Å². The molecule has 0 aromatic rings. The zero-order chi connectivity index (χ0) is 16.6. The number of hydrogen-bond acceptors (Lipinski definition) is 2. The SMILES string of the molecule is C=COC12CC3CC(CC(C3)C1)C2.C=COCC1CC2CCC1C2. The minimum atomic E-state index is 0.233. The van der Waals surface area contributed by atoms with Crippen molar-refractivity contribution in [1.29, 1.82) is 0 Å². The van der Waals surface area contributed by atoms with Crippen molar-refractivity contribution in [1.82, 2.24) is 0 Å². The molecule has 6 aliphatic rings. The van der Waals surface area contributed by atoms with E-state index in [1.165, 1.54) is 64.2 Å². The van der Waals surface area contributed by atoms with Gasteiger partial charge in [-0.05, 0) is 93.3 Å². The van der Waals surface area contributed by atoms with Crippen LogP contribution in [0.25, 0.3) is 0 Å². The van der Waals surface area contributed by atoms with Gasteiger partial charge in [-0.1, -0.05) is 19.6 Å². The van der Waals surface area contributed by atoms with Crippen molar-refractivity contribution < 1.29 is 9.47 Å². The molecule has 0 N–H and O–H groups in total. The molecule has 3 atom stereocenters. The summed E-state index contributed by atoms with van der Waals surface area (Å²) in [5, 5.41) is 0. The van der Waals surface area contributed by atoms with Gasteiger partial charge in [0.2, 0.25) is 0 Å². The summed E-state index contributed by atoms with van der Waals surface area (Å²) >= 11 is 0. The second-order valence-corrected chi connectivity index (χ2v) is 9.32. The Hall–Kier alpha value is -0.920. The maximum atomic E-state index is 5.81. The molecule has 0 saturated heterocycles. The summed E-state index contributed by atoms with van der Waals surface area (Å²) in [6.45, 7) is 8.20. The van der Waals surface area contributed by atoms with E-state index in [4.69, 9.17) is 9.47 Å². The molecule has 0 spiro atoms. The van der Waals surface area contributed by atoms with E-state index < -0.39 is 0 Å². The lowest BCUT2D eigenvalue weighted by molar-refractivity contribution is -0.130. The average Bonchev–Trinajstić information content (AvgIpc) is 3.15. The van der Waals surface area contributed by atoms with Gasteiger partial charge >= 0.3 is 0 Å². The van der Waals surface area contributed by atoms with Crippen LogP contribution in [-0.4, -0.2) is 12.2 Å². The van der Waals surface area contributed by atoms with Crippen molar-refractivity contribution in [3.05, 3.63) is 25.7 Å². The van der Waals surface area contributed by atoms with Gasteiger partial charge in [-0.2, -0.15) is 0 Å². The Labute approximate surface area is 147 Å². The number of fused-ring (bicyclic) bond motifs is 2. The lowest BCUT2D eigenvalue weighted by Crippen LogP contribution is -2.51. The van der Waals surface area contributed by atoms with Crippen molar-refractivity contribution in [3.8, 4) is 0 Å². The molecule has 2 nitrogen and oxygen atoms in total. The molecule has 6 aliphatic carbocycles. The van der Waals surface area contributed by atoms with Crippen molar-refractivity contribution in [2.75, 3.05) is 6.61 Å². The van der Waals surface area contributed by atoms with Crippen LogP contribution in [0.4, 0.5) is 0 Å². The molecule has 24 heavy (non-hydrogen) atoms. The third kappa shape index (κ3) is 3.26. The van der Waals surface area contributed by atoms with Gasteiger partial charge in [0.25, 0.3) is 0 Å². The third-order valence-electron chi connectivity index (χ3n) is 7.63. The van der Waals surface area contributed by atoms with Crippen molar-refractivity contribution >= 4 is 0 Å². The van der Waals surface area contributed by atoms with Crippen molar-refractivity contribution in [3.63, 3.8) is 0 Å². The van der Waals surface area contributed by atoms with E-state index >= 15 is 0 Å². The van der Waals surface area contributed by atoms with Crippen molar-refractivity contribution in [2.24, 2.45) is 35.5 Å². The highest BCUT2D eigenvalue weighted by molar-refractivity contribution is 5.03. The first-order valence-electron chi connectivity index (χ1n) is 10.2. The second-order valence-electron chi connectivity index (χ2n) is 9.32. The van der Waals surface area contributed by atoms with Gasteiger partial charge in [0, 0.05) is 0 Å². The van der Waals surface area contributed by atoms with E-state index in [9.17, 15) is 0 Å². The standard InChI is InChI=1S/C12H18O.C10H16O/c1-2-13-12-6-9-3-10(7-12)5-11(4-9)8-12;1-2-11-7-10-6-8-3-4-9(10)5-8/h2,9-11H,1,3-8H2;2,8-10H,1,3-7H2. The smallest absolute Gasteiger partial charge is 0.109 e. The van der Waals surface area contributed by atoms with E-state index in [1.54, 1.807) is 12.5 Å². The van der Waals surface area contributed by atoms with Crippen LogP contribution in [0.15, 0.2) is 25.7 Å². The highest BCUT2D eigenvalue weighted by atomic mass is 16.5. The predicted octanol–water partition coefficient (Wildman–Crippen LogP) is 5.70. The summed E-state index contributed by atoms with van der Waals surface area (Å²) < 4.78 is 11.0. The molecule has 0 aromatic carbocycles.